The third kappa shape index (κ3) is 2.66. The van der Waals surface area contributed by atoms with E-state index in [1.54, 1.807) is 11.7 Å². The van der Waals surface area contributed by atoms with E-state index in [0.29, 0.717) is 12.5 Å². The van der Waals surface area contributed by atoms with Crippen LogP contribution in [0, 0.1) is 0 Å². The monoisotopic (exact) mass is 225 g/mol. The average Bonchev–Trinajstić information content (AvgIpc) is 2.67. The first kappa shape index (κ1) is 11.5. The normalized spacial score (nSPS) is 9.40. The van der Waals surface area contributed by atoms with Crippen molar-refractivity contribution in [3.05, 3.63) is 35.9 Å². The van der Waals surface area contributed by atoms with E-state index in [9.17, 15) is 0 Å². The van der Waals surface area contributed by atoms with Crippen molar-refractivity contribution < 1.29 is 0 Å². The van der Waals surface area contributed by atoms with Crippen molar-refractivity contribution >= 4 is 18.4 Å². The Bertz CT molecular complexity index is 400. The number of nitrogens with zero attached hydrogens (tertiary/aromatic N) is 4. The highest BCUT2D eigenvalue weighted by Gasteiger charge is 2.02. The summed E-state index contributed by atoms with van der Waals surface area (Å²) in [6.07, 6.45) is 0. The molecule has 1 aromatic heterocycles. The Morgan fingerprint density at radius 3 is 2.67 bits per heavy atom. The Hall–Kier alpha value is -1.62. The molecule has 0 fully saturated rings. The minimum atomic E-state index is 0. The molecule has 0 bridgehead atoms. The predicted molar refractivity (Wildman–Crippen MR) is 60.2 cm³/mol. The van der Waals surface area contributed by atoms with Gasteiger partial charge < -0.3 is 5.32 Å². The molecular weight excluding hydrogens is 214 g/mol. The van der Waals surface area contributed by atoms with E-state index in [-0.39, 0.29) is 12.4 Å². The van der Waals surface area contributed by atoms with E-state index in [0.717, 1.165) is 0 Å². The van der Waals surface area contributed by atoms with Gasteiger partial charge in [0, 0.05) is 7.05 Å². The van der Waals surface area contributed by atoms with E-state index in [1.807, 2.05) is 30.3 Å². The largest absolute Gasteiger partial charge is 0.356 e. The van der Waals surface area contributed by atoms with Crippen LogP contribution in [-0.4, -0.2) is 27.3 Å². The molecule has 0 aliphatic heterocycles. The number of halogens is 1. The second-order valence-electron chi connectivity index (χ2n) is 2.90. The van der Waals surface area contributed by atoms with Crippen LogP contribution in [0.2, 0.25) is 0 Å². The van der Waals surface area contributed by atoms with Gasteiger partial charge in [0.2, 0.25) is 5.95 Å². The van der Waals surface area contributed by atoms with Gasteiger partial charge in [-0.15, -0.1) is 12.4 Å². The molecule has 2 aromatic rings. The lowest BCUT2D eigenvalue weighted by Gasteiger charge is -2.02. The first-order chi connectivity index (χ1) is 6.90. The topological polar surface area (TPSA) is 55.6 Å². The minimum Gasteiger partial charge on any atom is -0.356 e. The van der Waals surface area contributed by atoms with Crippen LogP contribution in [0.5, 0.6) is 0 Å². The van der Waals surface area contributed by atoms with Crippen molar-refractivity contribution in [1.29, 1.82) is 0 Å². The van der Waals surface area contributed by atoms with E-state index in [2.05, 4.69) is 20.8 Å². The van der Waals surface area contributed by atoms with Crippen LogP contribution in [0.25, 0.3) is 0 Å². The zero-order chi connectivity index (χ0) is 9.80. The van der Waals surface area contributed by atoms with Crippen molar-refractivity contribution in [1.82, 2.24) is 20.2 Å². The van der Waals surface area contributed by atoms with Crippen LogP contribution in [-0.2, 0) is 6.54 Å². The maximum atomic E-state index is 3.88. The lowest BCUT2D eigenvalue weighted by atomic mass is 10.2. The van der Waals surface area contributed by atoms with E-state index in [1.165, 1.54) is 5.56 Å². The average molecular weight is 226 g/mol. The number of tetrazole rings is 1. The van der Waals surface area contributed by atoms with Crippen molar-refractivity contribution in [3.8, 4) is 0 Å². The van der Waals surface area contributed by atoms with Gasteiger partial charge in [-0.25, -0.2) is 4.68 Å². The fourth-order valence-electron chi connectivity index (χ4n) is 1.25. The highest BCUT2D eigenvalue weighted by molar-refractivity contribution is 5.85. The predicted octanol–water partition coefficient (Wildman–Crippen LogP) is 1.18. The van der Waals surface area contributed by atoms with Crippen LogP contribution in [0.1, 0.15) is 5.56 Å². The van der Waals surface area contributed by atoms with Crippen LogP contribution >= 0.6 is 12.4 Å². The fraction of sp³-hybridized carbons (Fsp3) is 0.222. The summed E-state index contributed by atoms with van der Waals surface area (Å²) in [5, 5.41) is 14.2. The fourth-order valence-corrected chi connectivity index (χ4v) is 1.25. The van der Waals surface area contributed by atoms with Crippen molar-refractivity contribution in [2.75, 3.05) is 12.4 Å². The summed E-state index contributed by atoms with van der Waals surface area (Å²) in [5.74, 6) is 0.675. The van der Waals surface area contributed by atoms with Crippen molar-refractivity contribution in [2.24, 2.45) is 0 Å². The number of hydrogen-bond donors (Lipinski definition) is 1. The molecule has 6 heteroatoms. The Kier molecular flexibility index (Phi) is 4.05. The molecule has 0 radical (unpaired) electrons. The molecule has 0 aliphatic carbocycles. The second kappa shape index (κ2) is 5.31. The number of aromatic nitrogens is 4. The van der Waals surface area contributed by atoms with E-state index in [4.69, 9.17) is 0 Å². The number of anilines is 1. The molecular formula is C9H12ClN5. The van der Waals surface area contributed by atoms with Crippen LogP contribution in [0.4, 0.5) is 5.95 Å². The third-order valence-corrected chi connectivity index (χ3v) is 1.93. The Morgan fingerprint density at radius 1 is 1.27 bits per heavy atom. The maximum Gasteiger partial charge on any atom is 0.242 e. The molecule has 80 valence electrons. The van der Waals surface area contributed by atoms with E-state index >= 15 is 0 Å². The van der Waals surface area contributed by atoms with Gasteiger partial charge in [-0.3, -0.25) is 0 Å². The number of hydrogen-bond acceptors (Lipinski definition) is 4. The Labute approximate surface area is 93.9 Å². The summed E-state index contributed by atoms with van der Waals surface area (Å²) in [6, 6.07) is 10.1. The van der Waals surface area contributed by atoms with Gasteiger partial charge in [0.25, 0.3) is 0 Å². The molecule has 1 aromatic carbocycles. The summed E-state index contributed by atoms with van der Waals surface area (Å²) >= 11 is 0. The molecule has 0 unspecified atom stereocenters. The highest BCUT2D eigenvalue weighted by atomic mass is 35.5. The lowest BCUT2D eigenvalue weighted by molar-refractivity contribution is 0.653. The third-order valence-electron chi connectivity index (χ3n) is 1.93. The van der Waals surface area contributed by atoms with Crippen molar-refractivity contribution in [2.45, 2.75) is 6.54 Å². The molecule has 0 saturated carbocycles. The first-order valence-electron chi connectivity index (χ1n) is 4.38. The summed E-state index contributed by atoms with van der Waals surface area (Å²) in [5.41, 5.74) is 1.18. The van der Waals surface area contributed by atoms with Gasteiger partial charge in [0.05, 0.1) is 6.54 Å². The molecule has 0 aliphatic rings. The first-order valence-corrected chi connectivity index (χ1v) is 4.38. The van der Waals surface area contributed by atoms with Gasteiger partial charge >= 0.3 is 0 Å². The van der Waals surface area contributed by atoms with Crippen LogP contribution in [0.3, 0.4) is 0 Å². The van der Waals surface area contributed by atoms with E-state index < -0.39 is 0 Å². The highest BCUT2D eigenvalue weighted by Crippen LogP contribution is 2.04. The number of nitrogens with one attached hydrogen (secondary N) is 1. The van der Waals surface area contributed by atoms with Gasteiger partial charge in [0.15, 0.2) is 0 Å². The summed E-state index contributed by atoms with van der Waals surface area (Å²) < 4.78 is 1.72. The maximum absolute atomic E-state index is 3.88. The molecule has 0 amide bonds. The smallest absolute Gasteiger partial charge is 0.242 e. The van der Waals surface area contributed by atoms with Crippen LogP contribution < -0.4 is 5.32 Å². The molecule has 1 heterocycles. The SMILES string of the molecule is CNc1nnnn1Cc1ccccc1.Cl. The van der Waals surface area contributed by atoms with Gasteiger partial charge in [0.1, 0.15) is 0 Å². The Balaban J connectivity index is 0.00000112. The van der Waals surface area contributed by atoms with Gasteiger partial charge in [-0.05, 0) is 16.0 Å². The quantitative estimate of drug-likeness (QED) is 0.853. The molecule has 0 spiro atoms. The minimum absolute atomic E-state index is 0. The molecule has 0 atom stereocenters. The zero-order valence-corrected chi connectivity index (χ0v) is 9.11. The van der Waals surface area contributed by atoms with Crippen LogP contribution in [0.15, 0.2) is 30.3 Å². The molecule has 5 nitrogen and oxygen atoms in total. The zero-order valence-electron chi connectivity index (χ0n) is 8.29. The number of rotatable bonds is 3. The Morgan fingerprint density at radius 2 is 2.00 bits per heavy atom. The lowest BCUT2D eigenvalue weighted by Crippen LogP contribution is -2.06. The summed E-state index contributed by atoms with van der Waals surface area (Å²) in [7, 11) is 1.80. The molecule has 0 saturated heterocycles. The second-order valence-corrected chi connectivity index (χ2v) is 2.90. The summed E-state index contributed by atoms with van der Waals surface area (Å²) in [6.45, 7) is 0.685. The molecule has 15 heavy (non-hydrogen) atoms. The van der Waals surface area contributed by atoms with Gasteiger partial charge in [-0.2, -0.15) is 0 Å². The molecule has 2 rings (SSSR count). The number of benzene rings is 1. The molecule has 1 N–H and O–H groups in total. The summed E-state index contributed by atoms with van der Waals surface area (Å²) in [4.78, 5) is 0. The van der Waals surface area contributed by atoms with Gasteiger partial charge in [-0.1, -0.05) is 35.4 Å². The van der Waals surface area contributed by atoms with Crippen molar-refractivity contribution in [3.63, 3.8) is 0 Å². The standard InChI is InChI=1S/C9H11N5.ClH/c1-10-9-11-12-13-14(9)7-8-5-3-2-4-6-8;/h2-6H,7H2,1H3,(H,10,11,13);1H.